The number of aromatic nitrogens is 2. The Morgan fingerprint density at radius 1 is 1.32 bits per heavy atom. The zero-order valence-electron chi connectivity index (χ0n) is 11.2. The average Bonchev–Trinajstić information content (AvgIpc) is 2.74. The van der Waals surface area contributed by atoms with Gasteiger partial charge in [-0.2, -0.15) is 0 Å². The maximum Gasteiger partial charge on any atom is 0.127 e. The lowest BCUT2D eigenvalue weighted by atomic mass is 9.91. The summed E-state index contributed by atoms with van der Waals surface area (Å²) < 4.78 is 8.56. The van der Waals surface area contributed by atoms with E-state index in [2.05, 4.69) is 44.5 Å². The first kappa shape index (κ1) is 12.7. The van der Waals surface area contributed by atoms with E-state index in [1.54, 1.807) is 7.11 Å². The molecule has 1 atom stereocenters. The second-order valence-electron chi connectivity index (χ2n) is 5.02. The standard InChI is InChI=1S/C15H17BrN2O/c1-10-17-15(16)14-8-5-12(9-18(10)14)11-3-6-13(19-2)7-4-11/h3-4,6-7,12H,5,8-9H2,1-2H3. The number of aryl methyl sites for hydroxylation is 1. The summed E-state index contributed by atoms with van der Waals surface area (Å²) in [6.45, 7) is 3.09. The molecule has 0 fully saturated rings. The third kappa shape index (κ3) is 2.29. The molecule has 3 rings (SSSR count). The van der Waals surface area contributed by atoms with Crippen LogP contribution in [0.1, 0.15) is 29.4 Å². The molecule has 1 aromatic carbocycles. The summed E-state index contributed by atoms with van der Waals surface area (Å²) in [5.41, 5.74) is 2.72. The van der Waals surface area contributed by atoms with Gasteiger partial charge in [-0.25, -0.2) is 4.98 Å². The van der Waals surface area contributed by atoms with Gasteiger partial charge in [0.25, 0.3) is 0 Å². The molecule has 1 aliphatic rings. The van der Waals surface area contributed by atoms with Gasteiger partial charge in [-0.15, -0.1) is 0 Å². The van der Waals surface area contributed by atoms with Gasteiger partial charge in [0.1, 0.15) is 16.2 Å². The highest BCUT2D eigenvalue weighted by molar-refractivity contribution is 9.10. The van der Waals surface area contributed by atoms with Crippen molar-refractivity contribution in [2.45, 2.75) is 32.2 Å². The van der Waals surface area contributed by atoms with E-state index in [-0.39, 0.29) is 0 Å². The number of rotatable bonds is 2. The van der Waals surface area contributed by atoms with Gasteiger partial charge < -0.3 is 9.30 Å². The fourth-order valence-electron chi connectivity index (χ4n) is 2.82. The van der Waals surface area contributed by atoms with Crippen molar-refractivity contribution in [3.63, 3.8) is 0 Å². The second-order valence-corrected chi connectivity index (χ2v) is 5.77. The molecule has 1 aliphatic heterocycles. The quantitative estimate of drug-likeness (QED) is 0.843. The van der Waals surface area contributed by atoms with Crippen LogP contribution in [0.15, 0.2) is 28.9 Å². The van der Waals surface area contributed by atoms with E-state index in [1.165, 1.54) is 17.7 Å². The maximum absolute atomic E-state index is 5.21. The summed E-state index contributed by atoms with van der Waals surface area (Å²) in [5, 5.41) is 0. The predicted molar refractivity (Wildman–Crippen MR) is 78.7 cm³/mol. The fraction of sp³-hybridized carbons (Fsp3) is 0.400. The molecule has 100 valence electrons. The number of ether oxygens (including phenoxy) is 1. The number of fused-ring (bicyclic) bond motifs is 1. The van der Waals surface area contributed by atoms with Gasteiger partial charge in [0.15, 0.2) is 0 Å². The fourth-order valence-corrected chi connectivity index (χ4v) is 3.49. The normalized spacial score (nSPS) is 18.2. The number of imidazole rings is 1. The molecular weight excluding hydrogens is 304 g/mol. The van der Waals surface area contributed by atoms with E-state index in [9.17, 15) is 0 Å². The van der Waals surface area contributed by atoms with E-state index in [0.717, 1.165) is 29.1 Å². The zero-order chi connectivity index (χ0) is 13.4. The number of halogens is 1. The maximum atomic E-state index is 5.21. The average molecular weight is 321 g/mol. The highest BCUT2D eigenvalue weighted by Crippen LogP contribution is 2.33. The van der Waals surface area contributed by atoms with Crippen molar-refractivity contribution in [1.82, 2.24) is 9.55 Å². The number of nitrogens with zero attached hydrogens (tertiary/aromatic N) is 2. The smallest absolute Gasteiger partial charge is 0.127 e. The van der Waals surface area contributed by atoms with E-state index in [0.29, 0.717) is 5.92 Å². The van der Waals surface area contributed by atoms with Crippen molar-refractivity contribution < 1.29 is 4.74 Å². The van der Waals surface area contributed by atoms with Gasteiger partial charge in [-0.05, 0) is 53.4 Å². The van der Waals surface area contributed by atoms with Crippen LogP contribution in [0.2, 0.25) is 0 Å². The van der Waals surface area contributed by atoms with Crippen LogP contribution in [0.4, 0.5) is 0 Å². The van der Waals surface area contributed by atoms with Gasteiger partial charge in [0, 0.05) is 12.5 Å². The molecule has 19 heavy (non-hydrogen) atoms. The molecule has 0 amide bonds. The third-order valence-corrected chi connectivity index (χ3v) is 4.57. The number of benzene rings is 1. The number of hydrogen-bond donors (Lipinski definition) is 0. The Morgan fingerprint density at radius 3 is 2.74 bits per heavy atom. The summed E-state index contributed by atoms with van der Waals surface area (Å²) in [5.74, 6) is 2.58. The van der Waals surface area contributed by atoms with Gasteiger partial charge in [-0.1, -0.05) is 12.1 Å². The molecule has 0 aliphatic carbocycles. The lowest BCUT2D eigenvalue weighted by Gasteiger charge is -2.25. The molecule has 1 unspecified atom stereocenters. The minimum atomic E-state index is 0.568. The highest BCUT2D eigenvalue weighted by atomic mass is 79.9. The van der Waals surface area contributed by atoms with Gasteiger partial charge in [-0.3, -0.25) is 0 Å². The number of hydrogen-bond acceptors (Lipinski definition) is 2. The predicted octanol–water partition coefficient (Wildman–Crippen LogP) is 3.69. The molecule has 0 N–H and O–H groups in total. The summed E-state index contributed by atoms with van der Waals surface area (Å²) in [6.07, 6.45) is 2.26. The lowest BCUT2D eigenvalue weighted by molar-refractivity contribution is 0.413. The molecule has 2 heterocycles. The van der Waals surface area contributed by atoms with E-state index in [4.69, 9.17) is 4.74 Å². The van der Waals surface area contributed by atoms with Crippen LogP contribution in [0.25, 0.3) is 0 Å². The summed E-state index contributed by atoms with van der Waals surface area (Å²) in [7, 11) is 1.70. The first-order valence-corrected chi connectivity index (χ1v) is 7.34. The van der Waals surface area contributed by atoms with Crippen LogP contribution in [-0.2, 0) is 13.0 Å². The van der Waals surface area contributed by atoms with Crippen LogP contribution in [0, 0.1) is 6.92 Å². The van der Waals surface area contributed by atoms with Gasteiger partial charge >= 0.3 is 0 Å². The Balaban J connectivity index is 1.86. The second kappa shape index (κ2) is 5.00. The number of methoxy groups -OCH3 is 1. The molecule has 0 saturated heterocycles. The molecule has 0 radical (unpaired) electrons. The SMILES string of the molecule is COc1ccc(C2CCc3c(Br)nc(C)n3C2)cc1. The first-order valence-electron chi connectivity index (χ1n) is 6.54. The summed E-state index contributed by atoms with van der Waals surface area (Å²) in [6, 6.07) is 8.44. The third-order valence-electron chi connectivity index (χ3n) is 3.93. The molecular formula is C15H17BrN2O. The van der Waals surface area contributed by atoms with E-state index < -0.39 is 0 Å². The summed E-state index contributed by atoms with van der Waals surface area (Å²) >= 11 is 3.55. The van der Waals surface area contributed by atoms with Crippen molar-refractivity contribution in [1.29, 1.82) is 0 Å². The van der Waals surface area contributed by atoms with Crippen molar-refractivity contribution in [3.8, 4) is 5.75 Å². The van der Waals surface area contributed by atoms with Crippen LogP contribution in [0.3, 0.4) is 0 Å². The Labute approximate surface area is 121 Å². The van der Waals surface area contributed by atoms with E-state index >= 15 is 0 Å². The lowest BCUT2D eigenvalue weighted by Crippen LogP contribution is -2.19. The Hall–Kier alpha value is -1.29. The zero-order valence-corrected chi connectivity index (χ0v) is 12.8. The minimum Gasteiger partial charge on any atom is -0.497 e. The molecule has 0 bridgehead atoms. The van der Waals surface area contributed by atoms with Crippen LogP contribution in [0.5, 0.6) is 5.75 Å². The minimum absolute atomic E-state index is 0.568. The van der Waals surface area contributed by atoms with Crippen molar-refractivity contribution in [2.24, 2.45) is 0 Å². The van der Waals surface area contributed by atoms with E-state index in [1.807, 2.05) is 12.1 Å². The molecule has 0 spiro atoms. The molecule has 3 nitrogen and oxygen atoms in total. The van der Waals surface area contributed by atoms with Crippen LogP contribution < -0.4 is 4.74 Å². The van der Waals surface area contributed by atoms with Crippen LogP contribution in [-0.4, -0.2) is 16.7 Å². The molecule has 2 aromatic rings. The largest absolute Gasteiger partial charge is 0.497 e. The molecule has 0 saturated carbocycles. The Kier molecular flexibility index (Phi) is 3.35. The van der Waals surface area contributed by atoms with Crippen molar-refractivity contribution in [3.05, 3.63) is 46.0 Å². The van der Waals surface area contributed by atoms with Crippen LogP contribution >= 0.6 is 15.9 Å². The van der Waals surface area contributed by atoms with Gasteiger partial charge in [0.2, 0.25) is 0 Å². The molecule has 4 heteroatoms. The monoisotopic (exact) mass is 320 g/mol. The summed E-state index contributed by atoms with van der Waals surface area (Å²) in [4.78, 5) is 4.51. The Morgan fingerprint density at radius 2 is 2.05 bits per heavy atom. The topological polar surface area (TPSA) is 27.1 Å². The van der Waals surface area contributed by atoms with Gasteiger partial charge in [0.05, 0.1) is 12.8 Å². The Bertz CT molecular complexity index is 589. The van der Waals surface area contributed by atoms with Crippen molar-refractivity contribution in [2.75, 3.05) is 7.11 Å². The van der Waals surface area contributed by atoms with Crippen molar-refractivity contribution >= 4 is 15.9 Å². The first-order chi connectivity index (χ1) is 9.19. The molecule has 1 aromatic heterocycles. The highest BCUT2D eigenvalue weighted by Gasteiger charge is 2.23.